The summed E-state index contributed by atoms with van der Waals surface area (Å²) >= 11 is 3.25. The molecule has 0 aromatic heterocycles. The summed E-state index contributed by atoms with van der Waals surface area (Å²) in [6, 6.07) is 9.94. The third-order valence-corrected chi connectivity index (χ3v) is 4.81. The molecule has 1 atom stereocenters. The van der Waals surface area contributed by atoms with E-state index in [0.717, 1.165) is 6.07 Å². The van der Waals surface area contributed by atoms with Crippen molar-refractivity contribution in [2.75, 3.05) is 0 Å². The number of benzene rings is 2. The van der Waals surface area contributed by atoms with Gasteiger partial charge in [0.2, 0.25) is 0 Å². The van der Waals surface area contributed by atoms with E-state index in [-0.39, 0.29) is 27.7 Å². The summed E-state index contributed by atoms with van der Waals surface area (Å²) in [6.07, 6.45) is 0. The molecule has 0 fully saturated rings. The van der Waals surface area contributed by atoms with Crippen LogP contribution in [0.4, 0.5) is 8.78 Å². The molecular formula is C17H13BrF2N2OS. The second-order valence-corrected chi connectivity index (χ2v) is 7.76. The van der Waals surface area contributed by atoms with Crippen LogP contribution in [0.15, 0.2) is 45.3 Å². The molecule has 0 aliphatic carbocycles. The highest BCUT2D eigenvalue weighted by atomic mass is 79.9. The van der Waals surface area contributed by atoms with Crippen molar-refractivity contribution in [1.82, 2.24) is 0 Å². The Labute approximate surface area is 149 Å². The summed E-state index contributed by atoms with van der Waals surface area (Å²) in [6.45, 7) is 3.40. The van der Waals surface area contributed by atoms with Crippen molar-refractivity contribution in [3.05, 3.63) is 69.2 Å². The third-order valence-electron chi connectivity index (χ3n) is 3.15. The quantitative estimate of drug-likeness (QED) is 0.696. The lowest BCUT2D eigenvalue weighted by molar-refractivity contribution is 0.621. The molecule has 0 aliphatic heterocycles. The van der Waals surface area contributed by atoms with Gasteiger partial charge >= 0.3 is 0 Å². The van der Waals surface area contributed by atoms with Crippen molar-refractivity contribution in [3.8, 4) is 6.07 Å². The standard InChI is InChI=1S/C17H13BrF2N2OS/c1-10(2)24(23)22-17(13-8-11(18)6-7-16(13)20)12-4-3-5-15(19)14(12)9-21/h3-8,10H,1-2H3. The number of halogens is 3. The molecule has 0 bridgehead atoms. The summed E-state index contributed by atoms with van der Waals surface area (Å²) in [7, 11) is -1.66. The monoisotopic (exact) mass is 410 g/mol. The van der Waals surface area contributed by atoms with E-state index >= 15 is 0 Å². The Morgan fingerprint density at radius 3 is 2.54 bits per heavy atom. The Balaban J connectivity index is 2.79. The van der Waals surface area contributed by atoms with Gasteiger partial charge in [-0.2, -0.15) is 9.66 Å². The first kappa shape index (κ1) is 18.4. The van der Waals surface area contributed by atoms with Gasteiger partial charge < -0.3 is 0 Å². The summed E-state index contributed by atoms with van der Waals surface area (Å²) < 4.78 is 45.1. The second-order valence-electron chi connectivity index (χ2n) is 5.16. The molecule has 2 aromatic rings. The average Bonchev–Trinajstić information content (AvgIpc) is 2.54. The van der Waals surface area contributed by atoms with Crippen LogP contribution in [0.5, 0.6) is 0 Å². The Bertz CT molecular complexity index is 875. The van der Waals surface area contributed by atoms with Gasteiger partial charge in [0.25, 0.3) is 0 Å². The van der Waals surface area contributed by atoms with Gasteiger partial charge in [0.15, 0.2) is 0 Å². The summed E-state index contributed by atoms with van der Waals surface area (Å²) in [5.41, 5.74) is -0.141. The van der Waals surface area contributed by atoms with Crippen LogP contribution in [-0.2, 0) is 11.0 Å². The molecule has 0 spiro atoms. The summed E-state index contributed by atoms with van der Waals surface area (Å²) in [5, 5.41) is 8.93. The minimum absolute atomic E-state index is 0.0168. The average molecular weight is 411 g/mol. The number of hydrogen-bond donors (Lipinski definition) is 0. The highest BCUT2D eigenvalue weighted by Crippen LogP contribution is 2.23. The number of hydrogen-bond acceptors (Lipinski definition) is 2. The predicted molar refractivity (Wildman–Crippen MR) is 94.1 cm³/mol. The lowest BCUT2D eigenvalue weighted by Crippen LogP contribution is -2.13. The van der Waals surface area contributed by atoms with Gasteiger partial charge in [0.05, 0.1) is 16.5 Å². The first-order valence-electron chi connectivity index (χ1n) is 6.99. The molecule has 24 heavy (non-hydrogen) atoms. The van der Waals surface area contributed by atoms with Crippen LogP contribution in [0.2, 0.25) is 0 Å². The molecule has 0 radical (unpaired) electrons. The smallest absolute Gasteiger partial charge is 0.142 e. The predicted octanol–water partition coefficient (Wildman–Crippen LogP) is 4.51. The van der Waals surface area contributed by atoms with Gasteiger partial charge in [0.1, 0.15) is 28.7 Å². The minimum atomic E-state index is -1.66. The first-order chi connectivity index (χ1) is 11.3. The van der Waals surface area contributed by atoms with Crippen LogP contribution in [0.1, 0.15) is 30.5 Å². The van der Waals surface area contributed by atoms with Crippen LogP contribution in [0.3, 0.4) is 0 Å². The number of nitriles is 1. The zero-order valence-electron chi connectivity index (χ0n) is 12.9. The molecule has 7 heteroatoms. The number of rotatable bonds is 4. The zero-order chi connectivity index (χ0) is 17.9. The topological polar surface area (TPSA) is 53.2 Å². The molecule has 1 unspecified atom stereocenters. The van der Waals surface area contributed by atoms with Crippen LogP contribution < -0.4 is 0 Å². The van der Waals surface area contributed by atoms with E-state index in [1.165, 1.54) is 30.3 Å². The SMILES string of the molecule is CC(C)S(=O)N=C(c1cc(Br)ccc1F)c1cccc(F)c1C#N. The van der Waals surface area contributed by atoms with Crippen molar-refractivity contribution < 1.29 is 13.0 Å². The Hall–Kier alpha value is -1.91. The van der Waals surface area contributed by atoms with Crippen LogP contribution in [0, 0.1) is 23.0 Å². The zero-order valence-corrected chi connectivity index (χ0v) is 15.3. The van der Waals surface area contributed by atoms with Gasteiger partial charge in [-0.05, 0) is 38.1 Å². The first-order valence-corrected chi connectivity index (χ1v) is 8.95. The molecule has 2 aromatic carbocycles. The minimum Gasteiger partial charge on any atom is -0.235 e. The fourth-order valence-electron chi connectivity index (χ4n) is 1.95. The molecule has 0 aliphatic rings. The van der Waals surface area contributed by atoms with E-state index in [2.05, 4.69) is 20.3 Å². The van der Waals surface area contributed by atoms with Crippen molar-refractivity contribution in [2.45, 2.75) is 19.1 Å². The molecule has 3 nitrogen and oxygen atoms in total. The van der Waals surface area contributed by atoms with E-state index in [9.17, 15) is 18.3 Å². The summed E-state index contributed by atoms with van der Waals surface area (Å²) in [5.74, 6) is -1.35. The maximum absolute atomic E-state index is 14.3. The lowest BCUT2D eigenvalue weighted by atomic mass is 9.97. The molecule has 0 saturated heterocycles. The molecule has 124 valence electrons. The van der Waals surface area contributed by atoms with E-state index in [1.807, 2.05) is 0 Å². The molecule has 0 heterocycles. The number of nitrogens with zero attached hydrogens (tertiary/aromatic N) is 2. The van der Waals surface area contributed by atoms with Crippen LogP contribution in [0.25, 0.3) is 0 Å². The van der Waals surface area contributed by atoms with Crippen molar-refractivity contribution in [2.24, 2.45) is 4.40 Å². The van der Waals surface area contributed by atoms with E-state index in [0.29, 0.717) is 4.47 Å². The highest BCUT2D eigenvalue weighted by Gasteiger charge is 2.20. The van der Waals surface area contributed by atoms with Gasteiger partial charge in [-0.3, -0.25) is 0 Å². The van der Waals surface area contributed by atoms with E-state index in [4.69, 9.17) is 0 Å². The maximum Gasteiger partial charge on any atom is 0.142 e. The van der Waals surface area contributed by atoms with E-state index < -0.39 is 22.6 Å². The van der Waals surface area contributed by atoms with Crippen molar-refractivity contribution in [3.63, 3.8) is 0 Å². The largest absolute Gasteiger partial charge is 0.235 e. The summed E-state index contributed by atoms with van der Waals surface area (Å²) in [4.78, 5) is 0. The van der Waals surface area contributed by atoms with Crippen LogP contribution in [-0.4, -0.2) is 15.2 Å². The fourth-order valence-corrected chi connectivity index (χ4v) is 2.90. The highest BCUT2D eigenvalue weighted by molar-refractivity contribution is 9.10. The Morgan fingerprint density at radius 1 is 1.21 bits per heavy atom. The van der Waals surface area contributed by atoms with Crippen molar-refractivity contribution in [1.29, 1.82) is 5.26 Å². The molecule has 2 rings (SSSR count). The maximum atomic E-state index is 14.3. The molecule has 0 saturated carbocycles. The van der Waals surface area contributed by atoms with Gasteiger partial charge in [-0.1, -0.05) is 28.1 Å². The van der Waals surface area contributed by atoms with Crippen LogP contribution >= 0.6 is 15.9 Å². The lowest BCUT2D eigenvalue weighted by Gasteiger charge is -2.12. The van der Waals surface area contributed by atoms with Gasteiger partial charge in [-0.25, -0.2) is 13.0 Å². The molecular weight excluding hydrogens is 398 g/mol. The molecule has 0 amide bonds. The van der Waals surface area contributed by atoms with Gasteiger partial charge in [0, 0.05) is 15.6 Å². The third kappa shape index (κ3) is 3.94. The second kappa shape index (κ2) is 7.77. The van der Waals surface area contributed by atoms with Crippen molar-refractivity contribution >= 4 is 32.6 Å². The van der Waals surface area contributed by atoms with E-state index in [1.54, 1.807) is 19.9 Å². The van der Waals surface area contributed by atoms with Gasteiger partial charge in [-0.15, -0.1) is 0 Å². The Kier molecular flexibility index (Phi) is 5.97. The molecule has 0 N–H and O–H groups in total. The fraction of sp³-hybridized carbons (Fsp3) is 0.176. The normalized spacial score (nSPS) is 13.0. The Morgan fingerprint density at radius 2 is 1.92 bits per heavy atom.